The number of piperidine rings is 1. The third kappa shape index (κ3) is 10.7. The van der Waals surface area contributed by atoms with Crippen molar-refractivity contribution in [1.29, 1.82) is 0 Å². The predicted molar refractivity (Wildman–Crippen MR) is 111 cm³/mol. The Hall–Kier alpha value is -1.17. The number of allylic oxidation sites excluding steroid dienone is 1. The second-order valence-electron chi connectivity index (χ2n) is 7.44. The van der Waals surface area contributed by atoms with Crippen LogP contribution in [0.4, 0.5) is 0 Å². The van der Waals surface area contributed by atoms with Gasteiger partial charge in [-0.2, -0.15) is 0 Å². The van der Waals surface area contributed by atoms with Crippen LogP contribution in [-0.2, 0) is 9.63 Å². The van der Waals surface area contributed by atoms with Gasteiger partial charge in [0.05, 0.1) is 13.2 Å². The zero-order valence-electron chi connectivity index (χ0n) is 17.6. The zero-order valence-corrected chi connectivity index (χ0v) is 17.6. The molecule has 1 heterocycles. The number of carbonyl (C=O) groups is 1. The van der Waals surface area contributed by atoms with E-state index in [1.54, 1.807) is 7.05 Å². The number of nitrogens with zero attached hydrogens (tertiary/aromatic N) is 2. The van der Waals surface area contributed by atoms with E-state index in [-0.39, 0.29) is 12.0 Å². The topological polar surface area (TPSA) is 53.0 Å². The first kappa shape index (κ1) is 23.9. The Morgan fingerprint density at radius 1 is 1.30 bits per heavy atom. The minimum absolute atomic E-state index is 0.0182. The van der Waals surface area contributed by atoms with E-state index in [4.69, 9.17) is 4.84 Å². The summed E-state index contributed by atoms with van der Waals surface area (Å²) in [6.45, 7) is 4.24. The Morgan fingerprint density at radius 2 is 2.11 bits per heavy atom. The molecule has 1 unspecified atom stereocenters. The average Bonchev–Trinajstić information content (AvgIpc) is 2.69. The number of amides is 1. The molecular weight excluding hydrogens is 340 g/mol. The number of rotatable bonds is 13. The molecule has 1 N–H and O–H groups in total. The van der Waals surface area contributed by atoms with Crippen LogP contribution < -0.4 is 0 Å². The monoisotopic (exact) mass is 380 g/mol. The van der Waals surface area contributed by atoms with E-state index in [9.17, 15) is 9.90 Å². The Kier molecular flexibility index (Phi) is 13.1. The van der Waals surface area contributed by atoms with Crippen LogP contribution in [0.5, 0.6) is 0 Å². The van der Waals surface area contributed by atoms with Gasteiger partial charge < -0.3 is 5.11 Å². The lowest BCUT2D eigenvalue weighted by Gasteiger charge is -2.33. The Labute approximate surface area is 166 Å². The van der Waals surface area contributed by atoms with Crippen molar-refractivity contribution in [1.82, 2.24) is 9.96 Å². The van der Waals surface area contributed by atoms with E-state index in [1.165, 1.54) is 44.3 Å². The highest BCUT2D eigenvalue weighted by Gasteiger charge is 2.19. The fourth-order valence-electron chi connectivity index (χ4n) is 3.38. The Bertz CT molecular complexity index is 451. The smallest absolute Gasteiger partial charge is 0.245 e. The van der Waals surface area contributed by atoms with Gasteiger partial charge in [-0.15, -0.1) is 0 Å². The summed E-state index contributed by atoms with van der Waals surface area (Å²) in [6.07, 6.45) is 18.6. The summed E-state index contributed by atoms with van der Waals surface area (Å²) in [4.78, 5) is 19.0. The molecule has 5 nitrogen and oxygen atoms in total. The summed E-state index contributed by atoms with van der Waals surface area (Å²) < 4.78 is 0. The van der Waals surface area contributed by atoms with E-state index >= 15 is 0 Å². The molecule has 156 valence electrons. The van der Waals surface area contributed by atoms with Gasteiger partial charge in [-0.1, -0.05) is 56.9 Å². The molecule has 1 aliphatic heterocycles. The molecule has 1 fully saturated rings. The van der Waals surface area contributed by atoms with Crippen LogP contribution in [0.3, 0.4) is 0 Å². The summed E-state index contributed by atoms with van der Waals surface area (Å²) in [5.41, 5.74) is 0. The molecule has 1 aliphatic rings. The van der Waals surface area contributed by atoms with Gasteiger partial charge in [0.25, 0.3) is 0 Å². The maximum absolute atomic E-state index is 11.6. The minimum Gasteiger partial charge on any atom is -0.389 e. The van der Waals surface area contributed by atoms with Crippen molar-refractivity contribution in [3.8, 4) is 0 Å². The van der Waals surface area contributed by atoms with Crippen molar-refractivity contribution >= 4 is 5.91 Å². The van der Waals surface area contributed by atoms with Crippen LogP contribution in [0.2, 0.25) is 0 Å². The zero-order chi connectivity index (χ0) is 19.9. The van der Waals surface area contributed by atoms with Crippen LogP contribution in [0, 0.1) is 0 Å². The van der Waals surface area contributed by atoms with Crippen molar-refractivity contribution in [2.75, 3.05) is 27.2 Å². The van der Waals surface area contributed by atoms with Gasteiger partial charge >= 0.3 is 0 Å². The average molecular weight is 381 g/mol. The Morgan fingerprint density at radius 3 is 2.85 bits per heavy atom. The van der Waals surface area contributed by atoms with E-state index in [2.05, 4.69) is 30.1 Å². The van der Waals surface area contributed by atoms with Gasteiger partial charge in [-0.05, 0) is 38.6 Å². The molecule has 1 rings (SSSR count). The molecule has 1 saturated heterocycles. The first-order valence-corrected chi connectivity index (χ1v) is 10.6. The normalized spacial score (nSPS) is 19.8. The lowest BCUT2D eigenvalue weighted by atomic mass is 10.0. The van der Waals surface area contributed by atoms with Gasteiger partial charge in [0.2, 0.25) is 5.91 Å². The first-order chi connectivity index (χ1) is 13.1. The van der Waals surface area contributed by atoms with Gasteiger partial charge in [0.15, 0.2) is 0 Å². The largest absolute Gasteiger partial charge is 0.389 e. The number of likely N-dealkylation sites (tertiary alicyclic amines) is 1. The van der Waals surface area contributed by atoms with Crippen molar-refractivity contribution in [3.05, 3.63) is 24.3 Å². The SMILES string of the molecule is CCCCCC(O)/C=C/[C@H]1CCCCN1C/C=C\CCCC(=O)N(C)OC. The summed E-state index contributed by atoms with van der Waals surface area (Å²) in [7, 11) is 3.15. The molecule has 5 heteroatoms. The third-order valence-corrected chi connectivity index (χ3v) is 5.22. The van der Waals surface area contributed by atoms with Gasteiger partial charge in [-0.25, -0.2) is 5.06 Å². The van der Waals surface area contributed by atoms with Crippen molar-refractivity contribution < 1.29 is 14.7 Å². The maximum atomic E-state index is 11.6. The van der Waals surface area contributed by atoms with E-state index in [1.807, 2.05) is 6.08 Å². The highest BCUT2D eigenvalue weighted by Crippen LogP contribution is 2.18. The summed E-state index contributed by atoms with van der Waals surface area (Å²) >= 11 is 0. The van der Waals surface area contributed by atoms with Crippen LogP contribution >= 0.6 is 0 Å². The number of hydroxylamine groups is 2. The van der Waals surface area contributed by atoms with Crippen LogP contribution in [0.1, 0.15) is 71.1 Å². The maximum Gasteiger partial charge on any atom is 0.245 e. The third-order valence-electron chi connectivity index (χ3n) is 5.22. The predicted octanol–water partition coefficient (Wildman–Crippen LogP) is 4.08. The highest BCUT2D eigenvalue weighted by molar-refractivity contribution is 5.74. The molecular formula is C22H40N2O3. The highest BCUT2D eigenvalue weighted by atomic mass is 16.7. The summed E-state index contributed by atoms with van der Waals surface area (Å²) in [5.74, 6) is 0.0182. The van der Waals surface area contributed by atoms with Crippen molar-refractivity contribution in [3.63, 3.8) is 0 Å². The molecule has 27 heavy (non-hydrogen) atoms. The molecule has 0 saturated carbocycles. The summed E-state index contributed by atoms with van der Waals surface area (Å²) in [5, 5.41) is 11.4. The molecule has 0 aromatic heterocycles. The van der Waals surface area contributed by atoms with Crippen molar-refractivity contribution in [2.45, 2.75) is 83.3 Å². The second-order valence-corrected chi connectivity index (χ2v) is 7.44. The molecule has 0 aliphatic carbocycles. The number of hydrogen-bond donors (Lipinski definition) is 1. The first-order valence-electron chi connectivity index (χ1n) is 10.6. The van der Waals surface area contributed by atoms with Gasteiger partial charge in [0, 0.05) is 26.1 Å². The fourth-order valence-corrected chi connectivity index (χ4v) is 3.38. The number of aliphatic hydroxyl groups excluding tert-OH is 1. The number of aliphatic hydroxyl groups is 1. The number of carbonyl (C=O) groups excluding carboxylic acids is 1. The molecule has 1 amide bonds. The molecule has 2 atom stereocenters. The molecule has 0 spiro atoms. The quantitative estimate of drug-likeness (QED) is 0.297. The van der Waals surface area contributed by atoms with Crippen LogP contribution in [-0.4, -0.2) is 60.4 Å². The molecule has 0 aromatic rings. The number of unbranched alkanes of at least 4 members (excludes halogenated alkanes) is 3. The lowest BCUT2D eigenvalue weighted by Crippen LogP contribution is -2.38. The lowest BCUT2D eigenvalue weighted by molar-refractivity contribution is -0.168. The standard InChI is InChI=1S/C22H40N2O3/c1-4-5-8-14-21(25)17-16-20-13-10-12-19-24(20)18-11-7-6-9-15-22(26)23(2)27-3/h7,11,16-17,20-21,25H,4-6,8-10,12-15,18-19H2,1-3H3/b11-7-,17-16+/t20-,21?/m1/s1. The Balaban J connectivity index is 2.31. The van der Waals surface area contributed by atoms with E-state index in [0.29, 0.717) is 12.5 Å². The molecule has 0 bridgehead atoms. The molecule has 0 aromatic carbocycles. The van der Waals surface area contributed by atoms with E-state index < -0.39 is 0 Å². The fraction of sp³-hybridized carbons (Fsp3) is 0.773. The molecule has 0 radical (unpaired) electrons. The van der Waals surface area contributed by atoms with Crippen molar-refractivity contribution in [2.24, 2.45) is 0 Å². The van der Waals surface area contributed by atoms with Gasteiger partial charge in [-0.3, -0.25) is 14.5 Å². The number of hydrogen-bond acceptors (Lipinski definition) is 4. The second kappa shape index (κ2) is 14.8. The van der Waals surface area contributed by atoms with E-state index in [0.717, 1.165) is 38.8 Å². The minimum atomic E-state index is -0.307. The van der Waals surface area contributed by atoms with Crippen LogP contribution in [0.15, 0.2) is 24.3 Å². The summed E-state index contributed by atoms with van der Waals surface area (Å²) in [6, 6.07) is 0.432. The van der Waals surface area contributed by atoms with Crippen LogP contribution in [0.25, 0.3) is 0 Å². The van der Waals surface area contributed by atoms with Gasteiger partial charge in [0.1, 0.15) is 0 Å².